The monoisotopic (exact) mass is 536 g/mol. The number of methoxy groups -OCH3 is 3. The van der Waals surface area contributed by atoms with Gasteiger partial charge in [-0.3, -0.25) is 13.6 Å². The van der Waals surface area contributed by atoms with Crippen LogP contribution in [0.3, 0.4) is 0 Å². The van der Waals surface area contributed by atoms with E-state index in [1.807, 2.05) is 0 Å². The minimum Gasteiger partial charge on any atom is -0.382 e. The van der Waals surface area contributed by atoms with Crippen molar-refractivity contribution in [3.63, 3.8) is 0 Å². The molecule has 0 aliphatic heterocycles. The van der Waals surface area contributed by atoms with Crippen LogP contribution in [0.5, 0.6) is 0 Å². The Morgan fingerprint density at radius 2 is 0.543 bits per heavy atom. The van der Waals surface area contributed by atoms with Gasteiger partial charge in [0, 0.05) is 21.3 Å². The van der Waals surface area contributed by atoms with Crippen molar-refractivity contribution in [2.75, 3.05) is 140 Å². The minimum absolute atomic E-state index is 0.0255. The third-order valence-corrected chi connectivity index (χ3v) is 5.34. The molecule has 0 saturated carbocycles. The SMILES string of the molecule is COCCOCCOCCOP(=O)(OCCOCCOCCOC)OCCOCCOCCOC. The molecule has 0 amide bonds. The second kappa shape index (κ2) is 28.3. The number of ether oxygens (including phenoxy) is 9. The summed E-state index contributed by atoms with van der Waals surface area (Å²) in [7, 11) is 1.01. The van der Waals surface area contributed by atoms with Crippen molar-refractivity contribution >= 4 is 7.82 Å². The Bertz CT molecular complexity index is 397. The zero-order valence-corrected chi connectivity index (χ0v) is 22.4. The molecule has 35 heavy (non-hydrogen) atoms. The molecular formula is C21H45O13P. The summed E-state index contributed by atoms with van der Waals surface area (Å²) in [4.78, 5) is 0. The minimum atomic E-state index is -3.81. The molecule has 0 aliphatic rings. The Kier molecular flexibility index (Phi) is 28.1. The first-order chi connectivity index (χ1) is 17.2. The van der Waals surface area contributed by atoms with Crippen molar-refractivity contribution in [3.8, 4) is 0 Å². The number of rotatable bonds is 30. The van der Waals surface area contributed by atoms with E-state index in [0.717, 1.165) is 0 Å². The van der Waals surface area contributed by atoms with Crippen molar-refractivity contribution in [2.45, 2.75) is 0 Å². The first-order valence-electron chi connectivity index (χ1n) is 11.7. The summed E-state index contributed by atoms with van der Waals surface area (Å²) in [5.74, 6) is 0. The molecule has 0 fully saturated rings. The molecule has 14 heteroatoms. The van der Waals surface area contributed by atoms with Crippen LogP contribution in [0.25, 0.3) is 0 Å². The average Bonchev–Trinajstić information content (AvgIpc) is 2.86. The second-order valence-electron chi connectivity index (χ2n) is 6.60. The lowest BCUT2D eigenvalue weighted by Crippen LogP contribution is -2.15. The highest BCUT2D eigenvalue weighted by Gasteiger charge is 2.26. The topological polar surface area (TPSA) is 128 Å². The molecule has 0 unspecified atom stereocenters. The van der Waals surface area contributed by atoms with Gasteiger partial charge in [-0.25, -0.2) is 4.57 Å². The van der Waals surface area contributed by atoms with Gasteiger partial charge in [0.05, 0.1) is 119 Å². The molecule has 0 bridgehead atoms. The molecule has 13 nitrogen and oxygen atoms in total. The second-order valence-corrected chi connectivity index (χ2v) is 8.27. The van der Waals surface area contributed by atoms with Gasteiger partial charge in [0.25, 0.3) is 0 Å². The summed E-state index contributed by atoms with van der Waals surface area (Å²) in [5.41, 5.74) is 0. The first kappa shape index (κ1) is 34.8. The third kappa shape index (κ3) is 26.6. The van der Waals surface area contributed by atoms with Crippen molar-refractivity contribution in [1.29, 1.82) is 0 Å². The fourth-order valence-corrected chi connectivity index (χ4v) is 3.25. The Labute approximate surface area is 209 Å². The Morgan fingerprint density at radius 1 is 0.343 bits per heavy atom. The zero-order chi connectivity index (χ0) is 25.7. The number of phosphoric ester groups is 1. The fourth-order valence-electron chi connectivity index (χ4n) is 2.13. The summed E-state index contributed by atoms with van der Waals surface area (Å²) in [6, 6.07) is 0. The molecule has 0 spiro atoms. The maximum atomic E-state index is 12.9. The third-order valence-electron chi connectivity index (χ3n) is 3.84. The van der Waals surface area contributed by atoms with Gasteiger partial charge in [-0.05, 0) is 0 Å². The largest absolute Gasteiger partial charge is 0.475 e. The molecule has 0 heterocycles. The van der Waals surface area contributed by atoms with Gasteiger partial charge < -0.3 is 42.6 Å². The van der Waals surface area contributed by atoms with E-state index in [9.17, 15) is 4.57 Å². The lowest BCUT2D eigenvalue weighted by molar-refractivity contribution is -0.00235. The van der Waals surface area contributed by atoms with Crippen LogP contribution in [0.2, 0.25) is 0 Å². The van der Waals surface area contributed by atoms with E-state index in [2.05, 4.69) is 0 Å². The van der Waals surface area contributed by atoms with Gasteiger partial charge in [0.1, 0.15) is 0 Å². The standard InChI is InChI=1S/C21H45O13P/c1-23-4-7-26-10-13-29-16-19-32-35(22,33-20-17-30-14-11-27-8-5-24-2)34-21-18-31-15-12-28-9-6-25-3/h4-21H2,1-3H3. The van der Waals surface area contributed by atoms with Crippen LogP contribution in [0.15, 0.2) is 0 Å². The van der Waals surface area contributed by atoms with E-state index in [1.54, 1.807) is 21.3 Å². The van der Waals surface area contributed by atoms with E-state index in [4.69, 9.17) is 56.2 Å². The molecule has 0 rings (SSSR count). The van der Waals surface area contributed by atoms with Gasteiger partial charge in [0.15, 0.2) is 0 Å². The van der Waals surface area contributed by atoms with Crippen molar-refractivity contribution < 1.29 is 60.8 Å². The normalized spacial score (nSPS) is 12.0. The van der Waals surface area contributed by atoms with E-state index in [-0.39, 0.29) is 39.6 Å². The van der Waals surface area contributed by atoms with Gasteiger partial charge >= 0.3 is 7.82 Å². The lowest BCUT2D eigenvalue weighted by Gasteiger charge is -2.18. The molecule has 0 aromatic rings. The average molecular weight is 537 g/mol. The highest BCUT2D eigenvalue weighted by atomic mass is 31.2. The summed E-state index contributed by atoms with van der Waals surface area (Å²) in [5, 5.41) is 0. The van der Waals surface area contributed by atoms with Crippen LogP contribution in [0, 0.1) is 0 Å². The molecule has 0 radical (unpaired) electrons. The molecule has 212 valence electrons. The maximum Gasteiger partial charge on any atom is 0.475 e. The van der Waals surface area contributed by atoms with Crippen molar-refractivity contribution in [3.05, 3.63) is 0 Å². The molecule has 0 aromatic heterocycles. The summed E-state index contributed by atoms with van der Waals surface area (Å²) < 4.78 is 75.7. The number of hydrogen-bond donors (Lipinski definition) is 0. The quantitative estimate of drug-likeness (QED) is 0.0964. The van der Waals surface area contributed by atoms with Crippen LogP contribution in [0.1, 0.15) is 0 Å². The highest BCUT2D eigenvalue weighted by molar-refractivity contribution is 7.48. The van der Waals surface area contributed by atoms with E-state index in [0.29, 0.717) is 79.3 Å². The van der Waals surface area contributed by atoms with E-state index in [1.165, 1.54) is 0 Å². The lowest BCUT2D eigenvalue weighted by atomic mass is 10.7. The maximum absolute atomic E-state index is 12.9. The van der Waals surface area contributed by atoms with Gasteiger partial charge in [-0.2, -0.15) is 0 Å². The smallest absolute Gasteiger partial charge is 0.382 e. The zero-order valence-electron chi connectivity index (χ0n) is 21.5. The molecule has 0 atom stereocenters. The predicted octanol–water partition coefficient (Wildman–Crippen LogP) is 1.18. The summed E-state index contributed by atoms with van der Waals surface area (Å²) in [6.07, 6.45) is 0. The van der Waals surface area contributed by atoms with Crippen LogP contribution >= 0.6 is 7.82 Å². The Balaban J connectivity index is 4.06. The van der Waals surface area contributed by atoms with E-state index < -0.39 is 7.82 Å². The van der Waals surface area contributed by atoms with E-state index >= 15 is 0 Å². The Hall–Kier alpha value is -0.250. The highest BCUT2D eigenvalue weighted by Crippen LogP contribution is 2.49. The van der Waals surface area contributed by atoms with Gasteiger partial charge in [0.2, 0.25) is 0 Å². The molecule has 0 aromatic carbocycles. The fraction of sp³-hybridized carbons (Fsp3) is 1.00. The number of phosphoric acid groups is 1. The molecular weight excluding hydrogens is 491 g/mol. The molecule has 0 N–H and O–H groups in total. The summed E-state index contributed by atoms with van der Waals surface area (Å²) in [6.45, 7) is 6.14. The predicted molar refractivity (Wildman–Crippen MR) is 126 cm³/mol. The van der Waals surface area contributed by atoms with Crippen LogP contribution in [-0.2, 0) is 60.8 Å². The van der Waals surface area contributed by atoms with Crippen LogP contribution < -0.4 is 0 Å². The van der Waals surface area contributed by atoms with Gasteiger partial charge in [-0.1, -0.05) is 0 Å². The number of hydrogen-bond acceptors (Lipinski definition) is 13. The van der Waals surface area contributed by atoms with Crippen molar-refractivity contribution in [2.24, 2.45) is 0 Å². The van der Waals surface area contributed by atoms with Crippen molar-refractivity contribution in [1.82, 2.24) is 0 Å². The van der Waals surface area contributed by atoms with Crippen LogP contribution in [-0.4, -0.2) is 140 Å². The summed E-state index contributed by atoms with van der Waals surface area (Å²) >= 11 is 0. The Morgan fingerprint density at radius 3 is 0.771 bits per heavy atom. The molecule has 0 saturated heterocycles. The molecule has 0 aliphatic carbocycles. The van der Waals surface area contributed by atoms with Gasteiger partial charge in [-0.15, -0.1) is 0 Å². The first-order valence-corrected chi connectivity index (χ1v) is 13.1. The van der Waals surface area contributed by atoms with Crippen LogP contribution in [0.4, 0.5) is 0 Å².